The quantitative estimate of drug-likeness (QED) is 0.866. The van der Waals surface area contributed by atoms with Crippen LogP contribution in [0.3, 0.4) is 0 Å². The van der Waals surface area contributed by atoms with Crippen molar-refractivity contribution >= 4 is 11.4 Å². The lowest BCUT2D eigenvalue weighted by Gasteiger charge is -2.31. The van der Waals surface area contributed by atoms with E-state index < -0.39 is 0 Å². The fraction of sp³-hybridized carbons (Fsp3) is 0.294. The minimum absolute atomic E-state index is 0.693. The van der Waals surface area contributed by atoms with Crippen LogP contribution in [0.4, 0.5) is 11.4 Å². The van der Waals surface area contributed by atoms with Gasteiger partial charge in [-0.15, -0.1) is 0 Å². The van der Waals surface area contributed by atoms with E-state index in [-0.39, 0.29) is 0 Å². The molecule has 1 heterocycles. The Morgan fingerprint density at radius 3 is 2.75 bits per heavy atom. The number of nitrogens with two attached hydrogens (primary N) is 1. The highest BCUT2D eigenvalue weighted by atomic mass is 16.5. The third-order valence-electron chi connectivity index (χ3n) is 3.76. The van der Waals surface area contributed by atoms with Gasteiger partial charge in [-0.2, -0.15) is 0 Å². The second kappa shape index (κ2) is 5.87. The van der Waals surface area contributed by atoms with Crippen LogP contribution >= 0.6 is 0 Å². The van der Waals surface area contributed by atoms with E-state index in [4.69, 9.17) is 10.5 Å². The Kier molecular flexibility index (Phi) is 3.77. The number of hydrogen-bond donors (Lipinski definition) is 1. The van der Waals surface area contributed by atoms with Crippen molar-refractivity contribution < 1.29 is 4.74 Å². The molecule has 2 aromatic carbocycles. The number of ether oxygens (including phenoxy) is 1. The summed E-state index contributed by atoms with van der Waals surface area (Å²) in [5.74, 6) is 0.928. The van der Waals surface area contributed by atoms with E-state index in [1.165, 1.54) is 11.3 Å². The molecular formula is C17H20N2O. The largest absolute Gasteiger partial charge is 0.492 e. The zero-order valence-electron chi connectivity index (χ0n) is 11.6. The lowest BCUT2D eigenvalue weighted by molar-refractivity contribution is 0.322. The van der Waals surface area contributed by atoms with Gasteiger partial charge < -0.3 is 15.4 Å². The average molecular weight is 268 g/mol. The van der Waals surface area contributed by atoms with E-state index in [2.05, 4.69) is 11.0 Å². The van der Waals surface area contributed by atoms with Crippen molar-refractivity contribution in [2.24, 2.45) is 0 Å². The summed E-state index contributed by atoms with van der Waals surface area (Å²) in [5.41, 5.74) is 9.54. The van der Waals surface area contributed by atoms with Crippen molar-refractivity contribution in [2.45, 2.75) is 12.8 Å². The van der Waals surface area contributed by atoms with Crippen LogP contribution in [0, 0.1) is 0 Å². The Morgan fingerprint density at radius 2 is 1.90 bits per heavy atom. The van der Waals surface area contributed by atoms with E-state index in [0.717, 1.165) is 37.4 Å². The van der Waals surface area contributed by atoms with Crippen molar-refractivity contribution in [1.29, 1.82) is 0 Å². The molecule has 0 bridgehead atoms. The van der Waals surface area contributed by atoms with Gasteiger partial charge in [-0.05, 0) is 42.7 Å². The first-order chi connectivity index (χ1) is 9.84. The highest BCUT2D eigenvalue weighted by Crippen LogP contribution is 2.30. The van der Waals surface area contributed by atoms with Gasteiger partial charge in [0.15, 0.2) is 0 Å². The summed E-state index contributed by atoms with van der Waals surface area (Å²) in [6.45, 7) is 2.66. The predicted molar refractivity (Wildman–Crippen MR) is 83.3 cm³/mol. The van der Waals surface area contributed by atoms with Gasteiger partial charge in [0.25, 0.3) is 0 Å². The van der Waals surface area contributed by atoms with Crippen LogP contribution in [0.2, 0.25) is 0 Å². The third kappa shape index (κ3) is 2.72. The summed E-state index contributed by atoms with van der Waals surface area (Å²) >= 11 is 0. The fourth-order valence-corrected chi connectivity index (χ4v) is 2.75. The van der Waals surface area contributed by atoms with Crippen LogP contribution in [0.1, 0.15) is 12.0 Å². The molecular weight excluding hydrogens is 248 g/mol. The van der Waals surface area contributed by atoms with Gasteiger partial charge in [0, 0.05) is 17.9 Å². The van der Waals surface area contributed by atoms with Crippen LogP contribution in [-0.4, -0.2) is 19.7 Å². The number of benzene rings is 2. The molecule has 0 saturated carbocycles. The molecule has 3 nitrogen and oxygen atoms in total. The summed E-state index contributed by atoms with van der Waals surface area (Å²) in [6, 6.07) is 16.1. The van der Waals surface area contributed by atoms with Gasteiger partial charge in [0.05, 0.1) is 6.54 Å². The molecule has 0 unspecified atom stereocenters. The summed E-state index contributed by atoms with van der Waals surface area (Å²) in [5, 5.41) is 0. The Labute approximate surface area is 120 Å². The number of hydrogen-bond acceptors (Lipinski definition) is 3. The Hall–Kier alpha value is -2.16. The van der Waals surface area contributed by atoms with E-state index >= 15 is 0 Å². The lowest BCUT2D eigenvalue weighted by Crippen LogP contribution is -2.33. The van der Waals surface area contributed by atoms with Gasteiger partial charge in [0.1, 0.15) is 12.4 Å². The molecule has 0 aliphatic carbocycles. The Bertz CT molecular complexity index is 568. The SMILES string of the molecule is Nc1cccc2c1CCCN2CCOc1ccccc1. The Balaban J connectivity index is 1.64. The zero-order valence-corrected chi connectivity index (χ0v) is 11.6. The predicted octanol–water partition coefficient (Wildman–Crippen LogP) is 3.10. The van der Waals surface area contributed by atoms with Crippen molar-refractivity contribution in [2.75, 3.05) is 30.3 Å². The maximum atomic E-state index is 6.07. The maximum absolute atomic E-state index is 6.07. The van der Waals surface area contributed by atoms with Crippen LogP contribution in [-0.2, 0) is 6.42 Å². The van der Waals surface area contributed by atoms with E-state index in [0.29, 0.717) is 6.61 Å². The second-order valence-corrected chi connectivity index (χ2v) is 5.10. The molecule has 0 spiro atoms. The third-order valence-corrected chi connectivity index (χ3v) is 3.76. The van der Waals surface area contributed by atoms with Gasteiger partial charge in [-0.1, -0.05) is 24.3 Å². The number of para-hydroxylation sites is 1. The molecule has 104 valence electrons. The molecule has 1 aliphatic rings. The average Bonchev–Trinajstić information content (AvgIpc) is 2.49. The number of fused-ring (bicyclic) bond motifs is 1. The molecule has 3 rings (SSSR count). The Morgan fingerprint density at radius 1 is 1.05 bits per heavy atom. The van der Waals surface area contributed by atoms with Crippen LogP contribution in [0.25, 0.3) is 0 Å². The van der Waals surface area contributed by atoms with Crippen molar-refractivity contribution in [1.82, 2.24) is 0 Å². The molecule has 2 N–H and O–H groups in total. The van der Waals surface area contributed by atoms with Crippen LogP contribution in [0.15, 0.2) is 48.5 Å². The van der Waals surface area contributed by atoms with Crippen molar-refractivity contribution in [3.05, 3.63) is 54.1 Å². The fourth-order valence-electron chi connectivity index (χ4n) is 2.75. The smallest absolute Gasteiger partial charge is 0.119 e. The molecule has 0 aromatic heterocycles. The van der Waals surface area contributed by atoms with E-state index in [9.17, 15) is 0 Å². The van der Waals surface area contributed by atoms with E-state index in [1.54, 1.807) is 0 Å². The molecule has 1 aliphatic heterocycles. The minimum atomic E-state index is 0.693. The van der Waals surface area contributed by atoms with Gasteiger partial charge in [-0.25, -0.2) is 0 Å². The summed E-state index contributed by atoms with van der Waals surface area (Å²) in [7, 11) is 0. The molecule has 20 heavy (non-hydrogen) atoms. The van der Waals surface area contributed by atoms with Gasteiger partial charge in [0.2, 0.25) is 0 Å². The highest BCUT2D eigenvalue weighted by molar-refractivity contribution is 5.66. The molecule has 0 atom stereocenters. The topological polar surface area (TPSA) is 38.5 Å². The number of rotatable bonds is 4. The number of nitrogens with zero attached hydrogens (tertiary/aromatic N) is 1. The normalized spacial score (nSPS) is 13.9. The molecule has 0 saturated heterocycles. The second-order valence-electron chi connectivity index (χ2n) is 5.10. The summed E-state index contributed by atoms with van der Waals surface area (Å²) in [6.07, 6.45) is 2.24. The van der Waals surface area contributed by atoms with Crippen molar-refractivity contribution in [3.8, 4) is 5.75 Å². The van der Waals surface area contributed by atoms with Crippen LogP contribution < -0.4 is 15.4 Å². The van der Waals surface area contributed by atoms with Crippen LogP contribution in [0.5, 0.6) is 5.75 Å². The zero-order chi connectivity index (χ0) is 13.8. The molecule has 3 heteroatoms. The molecule has 2 aromatic rings. The number of nitrogen functional groups attached to an aromatic ring is 1. The molecule has 0 radical (unpaired) electrons. The first-order valence-electron chi connectivity index (χ1n) is 7.15. The highest BCUT2D eigenvalue weighted by Gasteiger charge is 2.18. The van der Waals surface area contributed by atoms with Crippen molar-refractivity contribution in [3.63, 3.8) is 0 Å². The lowest BCUT2D eigenvalue weighted by atomic mass is 10.00. The first-order valence-corrected chi connectivity index (χ1v) is 7.15. The van der Waals surface area contributed by atoms with Gasteiger partial charge in [-0.3, -0.25) is 0 Å². The molecule has 0 amide bonds. The minimum Gasteiger partial charge on any atom is -0.492 e. The summed E-state index contributed by atoms with van der Waals surface area (Å²) < 4.78 is 5.78. The van der Waals surface area contributed by atoms with Gasteiger partial charge >= 0.3 is 0 Å². The summed E-state index contributed by atoms with van der Waals surface area (Å²) in [4.78, 5) is 2.37. The monoisotopic (exact) mass is 268 g/mol. The first kappa shape index (κ1) is 12.9. The standard InChI is InChI=1S/C17H20N2O/c18-16-9-4-10-17-15(16)8-5-11-19(17)12-13-20-14-6-2-1-3-7-14/h1-4,6-7,9-10H,5,8,11-13,18H2. The van der Waals surface area contributed by atoms with E-state index in [1.807, 2.05) is 42.5 Å². The molecule has 0 fully saturated rings. The maximum Gasteiger partial charge on any atom is 0.119 e. The number of anilines is 2.